The molecule has 1 atom stereocenters. The van der Waals surface area contributed by atoms with E-state index < -0.39 is 24.0 Å². The van der Waals surface area contributed by atoms with Gasteiger partial charge in [-0.25, -0.2) is 14.6 Å². The molecule has 0 radical (unpaired) electrons. The lowest BCUT2D eigenvalue weighted by atomic mass is 10.1. The van der Waals surface area contributed by atoms with Crippen LogP contribution in [-0.2, 0) is 16.1 Å². The van der Waals surface area contributed by atoms with Crippen LogP contribution < -0.4 is 10.6 Å². The van der Waals surface area contributed by atoms with Gasteiger partial charge in [0.25, 0.3) is 11.6 Å². The molecule has 0 aliphatic heterocycles. The van der Waals surface area contributed by atoms with Crippen LogP contribution in [0.4, 0.5) is 4.79 Å². The number of urea groups is 1. The molecular weight excluding hydrogens is 436 g/mol. The van der Waals surface area contributed by atoms with E-state index in [1.807, 2.05) is 60.7 Å². The van der Waals surface area contributed by atoms with Crippen molar-refractivity contribution < 1.29 is 23.6 Å². The van der Waals surface area contributed by atoms with E-state index in [1.54, 1.807) is 13.0 Å². The lowest BCUT2D eigenvalue weighted by Gasteiger charge is -2.14. The van der Waals surface area contributed by atoms with Crippen molar-refractivity contribution in [3.63, 3.8) is 0 Å². The van der Waals surface area contributed by atoms with Crippen LogP contribution in [0.15, 0.2) is 71.3 Å². The highest BCUT2D eigenvalue weighted by molar-refractivity contribution is 6.05. The molecule has 4 aromatic rings. The first-order chi connectivity index (χ1) is 16.4. The number of pyridine rings is 1. The smallest absolute Gasteiger partial charge is 0.339 e. The number of rotatable bonds is 6. The van der Waals surface area contributed by atoms with E-state index in [9.17, 15) is 14.4 Å². The topological polar surface area (TPSA) is 123 Å². The number of carbonyl (C=O) groups excluding carboxylic acids is 3. The minimum absolute atomic E-state index is 0.163. The maximum absolute atomic E-state index is 13.0. The number of ether oxygens (including phenoxy) is 1. The first kappa shape index (κ1) is 22.7. The Balaban J connectivity index is 1.46. The van der Waals surface area contributed by atoms with E-state index in [0.717, 1.165) is 11.1 Å². The second kappa shape index (κ2) is 9.95. The fourth-order valence-corrected chi connectivity index (χ4v) is 3.33. The van der Waals surface area contributed by atoms with Crippen molar-refractivity contribution in [2.24, 2.45) is 0 Å². The lowest BCUT2D eigenvalue weighted by molar-refractivity contribution is -0.127. The molecule has 2 heterocycles. The third-order valence-electron chi connectivity index (χ3n) is 5.09. The van der Waals surface area contributed by atoms with Gasteiger partial charge in [-0.15, -0.1) is 0 Å². The average Bonchev–Trinajstić information content (AvgIpc) is 3.24. The number of benzene rings is 2. The van der Waals surface area contributed by atoms with Crippen LogP contribution in [-0.4, -0.2) is 34.2 Å². The van der Waals surface area contributed by atoms with Crippen molar-refractivity contribution in [3.05, 3.63) is 83.6 Å². The number of esters is 1. The second-order valence-corrected chi connectivity index (χ2v) is 7.57. The van der Waals surface area contributed by atoms with Crippen LogP contribution in [0.3, 0.4) is 0 Å². The number of hydrogen-bond acceptors (Lipinski definition) is 7. The Morgan fingerprint density at radius 2 is 1.71 bits per heavy atom. The van der Waals surface area contributed by atoms with Gasteiger partial charge in [0, 0.05) is 12.1 Å². The Kier molecular flexibility index (Phi) is 6.63. The van der Waals surface area contributed by atoms with E-state index >= 15 is 0 Å². The summed E-state index contributed by atoms with van der Waals surface area (Å²) in [6.45, 7) is 3.31. The molecule has 172 valence electrons. The van der Waals surface area contributed by atoms with Crippen LogP contribution in [0.5, 0.6) is 0 Å². The average molecular weight is 458 g/mol. The van der Waals surface area contributed by atoms with E-state index in [4.69, 9.17) is 9.26 Å². The van der Waals surface area contributed by atoms with Crippen LogP contribution in [0.1, 0.15) is 28.5 Å². The zero-order valence-corrected chi connectivity index (χ0v) is 18.6. The fraction of sp³-hybridized carbons (Fsp3) is 0.160. The number of nitrogens with one attached hydrogen (secondary N) is 2. The van der Waals surface area contributed by atoms with E-state index in [1.165, 1.54) is 6.92 Å². The van der Waals surface area contributed by atoms with Gasteiger partial charge in [-0.05, 0) is 25.5 Å². The first-order valence-electron chi connectivity index (χ1n) is 10.6. The monoisotopic (exact) mass is 458 g/mol. The number of hydrogen-bond donors (Lipinski definition) is 2. The lowest BCUT2D eigenvalue weighted by Crippen LogP contribution is -2.44. The van der Waals surface area contributed by atoms with Crippen molar-refractivity contribution in [1.29, 1.82) is 0 Å². The summed E-state index contributed by atoms with van der Waals surface area (Å²) in [5, 5.41) is 9.06. The van der Waals surface area contributed by atoms with Crippen LogP contribution >= 0.6 is 0 Å². The quantitative estimate of drug-likeness (QED) is 0.422. The zero-order chi connectivity index (χ0) is 24.1. The number of amides is 3. The molecule has 2 N–H and O–H groups in total. The number of fused-ring (bicyclic) bond motifs is 1. The molecule has 9 heteroatoms. The van der Waals surface area contributed by atoms with Crippen LogP contribution in [0.2, 0.25) is 0 Å². The Hall–Kier alpha value is -4.53. The van der Waals surface area contributed by atoms with Crippen molar-refractivity contribution in [2.45, 2.75) is 26.5 Å². The SMILES string of the molecule is Cc1noc2nc(-c3ccccc3)cc(C(=O)OC(C)C(=O)NC(=O)NCc3ccccc3)c12. The summed E-state index contributed by atoms with van der Waals surface area (Å²) in [5.41, 5.74) is 2.96. The standard InChI is InChI=1S/C25H22N4O5/c1-15-21-19(13-20(27-23(21)34-29-15)18-11-7-4-8-12-18)24(31)33-16(2)22(30)28-25(32)26-14-17-9-5-3-6-10-17/h3-13,16H,14H2,1-2H3,(H2,26,28,30,32). The molecule has 0 fully saturated rings. The summed E-state index contributed by atoms with van der Waals surface area (Å²) in [6.07, 6.45) is -1.22. The molecule has 0 aliphatic carbocycles. The van der Waals surface area contributed by atoms with Gasteiger partial charge in [-0.3, -0.25) is 10.1 Å². The predicted octanol–water partition coefficient (Wildman–Crippen LogP) is 3.77. The molecular formula is C25H22N4O5. The fourth-order valence-electron chi connectivity index (χ4n) is 3.33. The summed E-state index contributed by atoms with van der Waals surface area (Å²) in [4.78, 5) is 41.9. The minimum atomic E-state index is -1.22. The maximum Gasteiger partial charge on any atom is 0.339 e. The van der Waals surface area contributed by atoms with E-state index in [0.29, 0.717) is 16.8 Å². The normalized spacial score (nSPS) is 11.6. The molecule has 0 saturated carbocycles. The van der Waals surface area contributed by atoms with Gasteiger partial charge in [-0.1, -0.05) is 65.8 Å². The predicted molar refractivity (Wildman–Crippen MR) is 124 cm³/mol. The third kappa shape index (κ3) is 5.09. The van der Waals surface area contributed by atoms with Gasteiger partial charge in [0.1, 0.15) is 0 Å². The number of aryl methyl sites for hydroxylation is 1. The van der Waals surface area contributed by atoms with Gasteiger partial charge >= 0.3 is 12.0 Å². The number of nitrogens with zero attached hydrogens (tertiary/aromatic N) is 2. The maximum atomic E-state index is 13.0. The Bertz CT molecular complexity index is 1340. The number of imide groups is 1. The molecule has 0 saturated heterocycles. The summed E-state index contributed by atoms with van der Waals surface area (Å²) < 4.78 is 10.6. The highest BCUT2D eigenvalue weighted by Crippen LogP contribution is 2.27. The van der Waals surface area contributed by atoms with Crippen molar-refractivity contribution in [2.75, 3.05) is 0 Å². The molecule has 2 aromatic heterocycles. The Labute approximate surface area is 195 Å². The molecule has 0 spiro atoms. The van der Waals surface area contributed by atoms with Crippen LogP contribution in [0.25, 0.3) is 22.4 Å². The molecule has 34 heavy (non-hydrogen) atoms. The summed E-state index contributed by atoms with van der Waals surface area (Å²) >= 11 is 0. The largest absolute Gasteiger partial charge is 0.449 e. The first-order valence-corrected chi connectivity index (χ1v) is 10.6. The van der Waals surface area contributed by atoms with Gasteiger partial charge in [0.15, 0.2) is 6.10 Å². The highest BCUT2D eigenvalue weighted by Gasteiger charge is 2.25. The molecule has 0 bridgehead atoms. The van der Waals surface area contributed by atoms with E-state index in [-0.39, 0.29) is 17.8 Å². The van der Waals surface area contributed by atoms with Gasteiger partial charge < -0.3 is 14.6 Å². The van der Waals surface area contributed by atoms with Gasteiger partial charge in [0.2, 0.25) is 0 Å². The van der Waals surface area contributed by atoms with Gasteiger partial charge in [0.05, 0.1) is 22.3 Å². The van der Waals surface area contributed by atoms with E-state index in [2.05, 4.69) is 20.8 Å². The Morgan fingerprint density at radius 3 is 2.41 bits per heavy atom. The zero-order valence-electron chi connectivity index (χ0n) is 18.6. The molecule has 4 rings (SSSR count). The van der Waals surface area contributed by atoms with Gasteiger partial charge in [-0.2, -0.15) is 0 Å². The van der Waals surface area contributed by atoms with Crippen molar-refractivity contribution in [1.82, 2.24) is 20.8 Å². The summed E-state index contributed by atoms with van der Waals surface area (Å²) in [6, 6.07) is 19.4. The number of aromatic nitrogens is 2. The molecule has 3 amide bonds. The van der Waals surface area contributed by atoms with Crippen molar-refractivity contribution >= 4 is 29.0 Å². The molecule has 0 aliphatic rings. The Morgan fingerprint density at radius 1 is 1.03 bits per heavy atom. The molecule has 9 nitrogen and oxygen atoms in total. The third-order valence-corrected chi connectivity index (χ3v) is 5.09. The molecule has 1 unspecified atom stereocenters. The van der Waals surface area contributed by atoms with Crippen LogP contribution in [0, 0.1) is 6.92 Å². The summed E-state index contributed by atoms with van der Waals surface area (Å²) in [7, 11) is 0. The van der Waals surface area contributed by atoms with Crippen molar-refractivity contribution in [3.8, 4) is 11.3 Å². The highest BCUT2D eigenvalue weighted by atomic mass is 16.5. The summed E-state index contributed by atoms with van der Waals surface area (Å²) in [5.74, 6) is -1.52. The molecule has 2 aromatic carbocycles. The minimum Gasteiger partial charge on any atom is -0.449 e. The second-order valence-electron chi connectivity index (χ2n) is 7.57. The number of carbonyl (C=O) groups is 3.